The van der Waals surface area contributed by atoms with Gasteiger partial charge in [0, 0.05) is 5.33 Å². The Balaban J connectivity index is 2.20. The first-order chi connectivity index (χ1) is 4.36. The Kier molecular flexibility index (Phi) is 2.92. The largest absolute Gasteiger partial charge is 0.371 e. The minimum absolute atomic E-state index is 0.118. The van der Waals surface area contributed by atoms with Crippen LogP contribution in [0.1, 0.15) is 12.8 Å². The molecule has 1 nitrogen and oxygen atoms in total. The Bertz CT molecular complexity index is 79.1. The topological polar surface area (TPSA) is 9.23 Å². The SMILES string of the molecule is FC[C@@H]1CC[C@H](CBr)O1. The van der Waals surface area contributed by atoms with E-state index in [2.05, 4.69) is 15.9 Å². The van der Waals surface area contributed by atoms with Crippen LogP contribution in [0, 0.1) is 0 Å². The number of ether oxygens (including phenoxy) is 1. The molecular weight excluding hydrogens is 187 g/mol. The molecule has 2 atom stereocenters. The summed E-state index contributed by atoms with van der Waals surface area (Å²) in [6, 6.07) is 0. The van der Waals surface area contributed by atoms with Gasteiger partial charge in [-0.05, 0) is 12.8 Å². The summed E-state index contributed by atoms with van der Waals surface area (Å²) < 4.78 is 17.1. The molecule has 1 rings (SSSR count). The van der Waals surface area contributed by atoms with Crippen LogP contribution < -0.4 is 0 Å². The second kappa shape index (κ2) is 3.52. The maximum atomic E-state index is 11.9. The summed E-state index contributed by atoms with van der Waals surface area (Å²) in [7, 11) is 0. The molecular formula is C6H10BrFO. The summed E-state index contributed by atoms with van der Waals surface area (Å²) in [6.45, 7) is -0.330. The monoisotopic (exact) mass is 196 g/mol. The van der Waals surface area contributed by atoms with Crippen molar-refractivity contribution in [3.05, 3.63) is 0 Å². The Morgan fingerprint density at radius 1 is 1.44 bits per heavy atom. The predicted octanol–water partition coefficient (Wildman–Crippen LogP) is 1.90. The van der Waals surface area contributed by atoms with E-state index < -0.39 is 0 Å². The van der Waals surface area contributed by atoms with Crippen molar-refractivity contribution in [1.82, 2.24) is 0 Å². The lowest BCUT2D eigenvalue weighted by molar-refractivity contribution is 0.0437. The lowest BCUT2D eigenvalue weighted by Gasteiger charge is -2.06. The molecule has 3 heteroatoms. The highest BCUT2D eigenvalue weighted by Crippen LogP contribution is 2.20. The molecule has 0 radical (unpaired) electrons. The van der Waals surface area contributed by atoms with Crippen molar-refractivity contribution in [1.29, 1.82) is 0 Å². The third-order valence-corrected chi connectivity index (χ3v) is 2.26. The Morgan fingerprint density at radius 3 is 2.44 bits per heavy atom. The fraction of sp³-hybridized carbons (Fsp3) is 1.00. The summed E-state index contributed by atoms with van der Waals surface area (Å²) in [5.74, 6) is 0. The molecule has 0 amide bonds. The summed E-state index contributed by atoms with van der Waals surface area (Å²) in [5, 5.41) is 0.837. The molecule has 1 saturated heterocycles. The minimum atomic E-state index is -0.330. The lowest BCUT2D eigenvalue weighted by Crippen LogP contribution is -2.12. The number of hydrogen-bond donors (Lipinski definition) is 0. The van der Waals surface area contributed by atoms with Crippen LogP contribution in [0.15, 0.2) is 0 Å². The second-order valence-corrected chi connectivity index (χ2v) is 2.91. The van der Waals surface area contributed by atoms with Crippen LogP contribution in [0.25, 0.3) is 0 Å². The van der Waals surface area contributed by atoms with Crippen LogP contribution in [0.4, 0.5) is 4.39 Å². The van der Waals surface area contributed by atoms with E-state index in [1.807, 2.05) is 0 Å². The van der Waals surface area contributed by atoms with Crippen molar-refractivity contribution >= 4 is 15.9 Å². The van der Waals surface area contributed by atoms with E-state index in [0.29, 0.717) is 0 Å². The van der Waals surface area contributed by atoms with Gasteiger partial charge in [-0.1, -0.05) is 15.9 Å². The Hall–Kier alpha value is 0.370. The zero-order valence-electron chi connectivity index (χ0n) is 5.15. The minimum Gasteiger partial charge on any atom is -0.371 e. The van der Waals surface area contributed by atoms with E-state index in [-0.39, 0.29) is 18.9 Å². The summed E-state index contributed by atoms with van der Waals surface area (Å²) in [6.07, 6.45) is 2.02. The molecule has 1 aliphatic heterocycles. The highest BCUT2D eigenvalue weighted by Gasteiger charge is 2.23. The van der Waals surface area contributed by atoms with Crippen LogP contribution in [0.2, 0.25) is 0 Å². The normalized spacial score (nSPS) is 35.3. The van der Waals surface area contributed by atoms with Gasteiger partial charge >= 0.3 is 0 Å². The first-order valence-electron chi connectivity index (χ1n) is 3.14. The molecule has 0 N–H and O–H groups in total. The zero-order valence-corrected chi connectivity index (χ0v) is 6.73. The maximum Gasteiger partial charge on any atom is 0.116 e. The molecule has 9 heavy (non-hydrogen) atoms. The summed E-state index contributed by atoms with van der Waals surface area (Å²) >= 11 is 3.29. The van der Waals surface area contributed by atoms with Crippen molar-refractivity contribution in [3.63, 3.8) is 0 Å². The van der Waals surface area contributed by atoms with E-state index in [9.17, 15) is 4.39 Å². The highest BCUT2D eigenvalue weighted by molar-refractivity contribution is 9.09. The highest BCUT2D eigenvalue weighted by atomic mass is 79.9. The zero-order chi connectivity index (χ0) is 6.69. The van der Waals surface area contributed by atoms with E-state index in [4.69, 9.17) is 4.74 Å². The van der Waals surface area contributed by atoms with E-state index in [0.717, 1.165) is 18.2 Å². The van der Waals surface area contributed by atoms with Gasteiger partial charge in [0.25, 0.3) is 0 Å². The van der Waals surface area contributed by atoms with Gasteiger partial charge in [0.15, 0.2) is 0 Å². The first kappa shape index (κ1) is 7.48. The molecule has 1 heterocycles. The molecule has 0 bridgehead atoms. The van der Waals surface area contributed by atoms with E-state index >= 15 is 0 Å². The predicted molar refractivity (Wildman–Crippen MR) is 37.7 cm³/mol. The van der Waals surface area contributed by atoms with Crippen LogP contribution in [0.5, 0.6) is 0 Å². The molecule has 0 spiro atoms. The molecule has 54 valence electrons. The number of rotatable bonds is 2. The van der Waals surface area contributed by atoms with Crippen LogP contribution in [-0.4, -0.2) is 24.2 Å². The summed E-state index contributed by atoms with van der Waals surface area (Å²) in [4.78, 5) is 0. The van der Waals surface area contributed by atoms with Crippen LogP contribution in [0.3, 0.4) is 0 Å². The van der Waals surface area contributed by atoms with Gasteiger partial charge in [-0.3, -0.25) is 0 Å². The van der Waals surface area contributed by atoms with Crippen molar-refractivity contribution in [2.45, 2.75) is 25.0 Å². The van der Waals surface area contributed by atoms with Crippen LogP contribution in [-0.2, 0) is 4.74 Å². The van der Waals surface area contributed by atoms with Gasteiger partial charge in [0.1, 0.15) is 6.67 Å². The van der Waals surface area contributed by atoms with Gasteiger partial charge in [0.05, 0.1) is 12.2 Å². The van der Waals surface area contributed by atoms with E-state index in [1.54, 1.807) is 0 Å². The third-order valence-electron chi connectivity index (χ3n) is 1.54. The number of halogens is 2. The van der Waals surface area contributed by atoms with Gasteiger partial charge in [-0.2, -0.15) is 0 Å². The van der Waals surface area contributed by atoms with Crippen molar-refractivity contribution in [2.24, 2.45) is 0 Å². The quantitative estimate of drug-likeness (QED) is 0.614. The van der Waals surface area contributed by atoms with Crippen molar-refractivity contribution in [2.75, 3.05) is 12.0 Å². The van der Waals surface area contributed by atoms with Gasteiger partial charge in [-0.25, -0.2) is 4.39 Å². The van der Waals surface area contributed by atoms with Gasteiger partial charge in [-0.15, -0.1) is 0 Å². The molecule has 1 fully saturated rings. The number of hydrogen-bond acceptors (Lipinski definition) is 1. The molecule has 0 aromatic carbocycles. The fourth-order valence-electron chi connectivity index (χ4n) is 1.01. The molecule has 0 saturated carbocycles. The van der Waals surface area contributed by atoms with Crippen molar-refractivity contribution in [3.8, 4) is 0 Å². The molecule has 1 aliphatic rings. The first-order valence-corrected chi connectivity index (χ1v) is 4.26. The molecule has 0 aliphatic carbocycles. The van der Waals surface area contributed by atoms with Crippen molar-refractivity contribution < 1.29 is 9.13 Å². The molecule has 0 aromatic rings. The molecule has 0 unspecified atom stereocenters. The molecule has 0 aromatic heterocycles. The third kappa shape index (κ3) is 1.90. The smallest absolute Gasteiger partial charge is 0.116 e. The van der Waals surface area contributed by atoms with Gasteiger partial charge in [0.2, 0.25) is 0 Å². The van der Waals surface area contributed by atoms with Gasteiger partial charge < -0.3 is 4.74 Å². The standard InChI is InChI=1S/C6H10BrFO/c7-3-5-1-2-6(4-8)9-5/h5-6H,1-4H2/t5-,6+/m1/s1. The Morgan fingerprint density at radius 2 is 2.11 bits per heavy atom. The second-order valence-electron chi connectivity index (χ2n) is 2.27. The number of alkyl halides is 2. The van der Waals surface area contributed by atoms with Crippen LogP contribution >= 0.6 is 15.9 Å². The maximum absolute atomic E-state index is 11.9. The lowest BCUT2D eigenvalue weighted by atomic mass is 10.2. The Labute approximate surface area is 62.7 Å². The average Bonchev–Trinajstić information content (AvgIpc) is 2.34. The average molecular weight is 197 g/mol. The summed E-state index contributed by atoms with van der Waals surface area (Å²) in [5.41, 5.74) is 0. The fourth-order valence-corrected chi connectivity index (χ4v) is 1.48. The van der Waals surface area contributed by atoms with E-state index in [1.165, 1.54) is 0 Å².